The van der Waals surface area contributed by atoms with Crippen molar-refractivity contribution in [3.63, 3.8) is 0 Å². The topological polar surface area (TPSA) is 72.3 Å². The van der Waals surface area contributed by atoms with Gasteiger partial charge < -0.3 is 0 Å². The van der Waals surface area contributed by atoms with E-state index in [-0.39, 0.29) is 0 Å². The number of aromatic nitrogens is 2. The van der Waals surface area contributed by atoms with Crippen LogP contribution in [0.4, 0.5) is 0 Å². The van der Waals surface area contributed by atoms with Gasteiger partial charge in [-0.2, -0.15) is 10.2 Å². The molecule has 0 atom stereocenters. The lowest BCUT2D eigenvalue weighted by molar-refractivity contribution is -0.132. The van der Waals surface area contributed by atoms with Crippen molar-refractivity contribution in [3.8, 4) is 0 Å². The van der Waals surface area contributed by atoms with E-state index in [1.54, 1.807) is 36.7 Å². The molecule has 1 aliphatic heterocycles. The molecule has 0 saturated carbocycles. The molecule has 5 heteroatoms. The second-order valence-electron chi connectivity index (χ2n) is 3.40. The van der Waals surface area contributed by atoms with Crippen molar-refractivity contribution >= 4 is 17.8 Å². The van der Waals surface area contributed by atoms with Gasteiger partial charge in [-0.3, -0.25) is 9.59 Å². The number of hydrogen-bond acceptors (Lipinski definition) is 4. The zero-order valence-corrected chi connectivity index (χ0v) is 9.35. The van der Waals surface area contributed by atoms with Crippen LogP contribution in [0.2, 0.25) is 0 Å². The fourth-order valence-corrected chi connectivity index (χ4v) is 1.33. The first-order valence-corrected chi connectivity index (χ1v) is 5.23. The summed E-state index contributed by atoms with van der Waals surface area (Å²) in [5.41, 5.74) is 0. The van der Waals surface area contributed by atoms with Gasteiger partial charge in [0.1, 0.15) is 0 Å². The van der Waals surface area contributed by atoms with Gasteiger partial charge in [0.2, 0.25) is 5.78 Å². The Labute approximate surface area is 103 Å². The van der Waals surface area contributed by atoms with Crippen molar-refractivity contribution in [1.82, 2.24) is 10.2 Å². The molecule has 0 aliphatic carbocycles. The van der Waals surface area contributed by atoms with Gasteiger partial charge in [0.15, 0.2) is 0 Å². The van der Waals surface area contributed by atoms with Crippen LogP contribution in [0.3, 0.4) is 0 Å². The van der Waals surface area contributed by atoms with Crippen molar-refractivity contribution in [2.45, 2.75) is 0 Å². The van der Waals surface area contributed by atoms with Crippen molar-refractivity contribution in [2.24, 2.45) is 4.99 Å². The molecule has 1 aromatic heterocycles. The number of ketones is 1. The molecule has 5 nitrogen and oxygen atoms in total. The highest BCUT2D eigenvalue weighted by Gasteiger charge is 2.11. The number of carbonyl (C=O) groups excluding carboxylic acids is 2. The summed E-state index contributed by atoms with van der Waals surface area (Å²) in [6.45, 7) is 0. The number of fused-ring (bicyclic) bond motifs is 1. The number of para-hydroxylation sites is 1. The van der Waals surface area contributed by atoms with Gasteiger partial charge in [-0.15, -0.1) is 0 Å². The standard InChI is InChI=1S/C9H5NO2.C4H4N2/c11-8-5-6-3-1-2-4-7(6)10-9(8)12;1-2-4-6-5-3-1/h1-5H;1-4H. The Kier molecular flexibility index (Phi) is 3.66. The zero-order chi connectivity index (χ0) is 12.8. The van der Waals surface area contributed by atoms with Crippen LogP contribution in [0.15, 0.2) is 53.8 Å². The Bertz CT molecular complexity index is 609. The average molecular weight is 239 g/mol. The summed E-state index contributed by atoms with van der Waals surface area (Å²) in [7, 11) is 0. The van der Waals surface area contributed by atoms with Gasteiger partial charge in [-0.05, 0) is 18.2 Å². The molecular weight excluding hydrogens is 230 g/mol. The minimum absolute atomic E-state index is 0.547. The molecule has 2 aromatic rings. The second kappa shape index (κ2) is 5.58. The van der Waals surface area contributed by atoms with E-state index < -0.39 is 11.7 Å². The maximum absolute atomic E-state index is 10.9. The van der Waals surface area contributed by atoms with Crippen LogP contribution in [-0.2, 0) is 9.59 Å². The number of benzene rings is 1. The monoisotopic (exact) mass is 239 g/mol. The SMILES string of the molecule is O=C1C=c2ccccc2=NC1=O.c1ccnnc1. The van der Waals surface area contributed by atoms with Gasteiger partial charge in [0, 0.05) is 23.7 Å². The highest BCUT2D eigenvalue weighted by atomic mass is 16.2. The molecule has 0 radical (unpaired) electrons. The molecule has 2 heterocycles. The van der Waals surface area contributed by atoms with Crippen molar-refractivity contribution in [2.75, 3.05) is 0 Å². The molecule has 18 heavy (non-hydrogen) atoms. The van der Waals surface area contributed by atoms with Crippen LogP contribution in [-0.4, -0.2) is 21.9 Å². The van der Waals surface area contributed by atoms with Crippen LogP contribution in [0.5, 0.6) is 0 Å². The summed E-state index contributed by atoms with van der Waals surface area (Å²) in [5.74, 6) is -1.23. The van der Waals surface area contributed by atoms with Gasteiger partial charge in [-0.25, -0.2) is 4.99 Å². The fourth-order valence-electron chi connectivity index (χ4n) is 1.33. The molecule has 0 spiro atoms. The Balaban J connectivity index is 0.000000169. The number of rotatable bonds is 0. The molecule has 1 amide bonds. The summed E-state index contributed by atoms with van der Waals surface area (Å²) in [6.07, 6.45) is 4.59. The Morgan fingerprint density at radius 2 is 1.50 bits per heavy atom. The molecule has 0 unspecified atom stereocenters. The van der Waals surface area contributed by atoms with Gasteiger partial charge >= 0.3 is 5.91 Å². The van der Waals surface area contributed by atoms with Crippen LogP contribution >= 0.6 is 0 Å². The quantitative estimate of drug-likeness (QED) is 0.590. The first kappa shape index (κ1) is 11.8. The molecule has 1 aliphatic rings. The van der Waals surface area contributed by atoms with Gasteiger partial charge in [-0.1, -0.05) is 18.2 Å². The molecular formula is C13H9N3O2. The van der Waals surface area contributed by atoms with E-state index in [2.05, 4.69) is 15.2 Å². The van der Waals surface area contributed by atoms with E-state index in [1.165, 1.54) is 6.08 Å². The lowest BCUT2D eigenvalue weighted by Crippen LogP contribution is -2.33. The maximum atomic E-state index is 10.9. The number of nitrogens with zero attached hydrogens (tertiary/aromatic N) is 3. The summed E-state index contributed by atoms with van der Waals surface area (Å²) >= 11 is 0. The smallest absolute Gasteiger partial charge is 0.284 e. The molecule has 88 valence electrons. The van der Waals surface area contributed by atoms with E-state index in [0.717, 1.165) is 0 Å². The predicted molar refractivity (Wildman–Crippen MR) is 63.7 cm³/mol. The fraction of sp³-hybridized carbons (Fsp3) is 0. The van der Waals surface area contributed by atoms with E-state index >= 15 is 0 Å². The molecule has 0 N–H and O–H groups in total. The molecule has 1 aromatic carbocycles. The highest BCUT2D eigenvalue weighted by molar-refractivity contribution is 6.48. The Morgan fingerprint density at radius 3 is 2.11 bits per heavy atom. The second-order valence-corrected chi connectivity index (χ2v) is 3.40. The molecule has 0 saturated heterocycles. The highest BCUT2D eigenvalue weighted by Crippen LogP contribution is 1.84. The van der Waals surface area contributed by atoms with Gasteiger partial charge in [0.25, 0.3) is 0 Å². The number of carbonyl (C=O) groups is 2. The third kappa shape index (κ3) is 2.91. The van der Waals surface area contributed by atoms with Crippen LogP contribution in [0.1, 0.15) is 0 Å². The van der Waals surface area contributed by atoms with E-state index in [1.807, 2.05) is 12.1 Å². The zero-order valence-electron chi connectivity index (χ0n) is 9.35. The summed E-state index contributed by atoms with van der Waals surface area (Å²) in [5, 5.41) is 8.35. The van der Waals surface area contributed by atoms with E-state index in [4.69, 9.17) is 0 Å². The lowest BCUT2D eigenvalue weighted by atomic mass is 10.2. The Morgan fingerprint density at radius 1 is 0.833 bits per heavy atom. The molecule has 0 fully saturated rings. The average Bonchev–Trinajstić information content (AvgIpc) is 2.43. The van der Waals surface area contributed by atoms with Gasteiger partial charge in [0.05, 0.1) is 5.36 Å². The van der Waals surface area contributed by atoms with Crippen molar-refractivity contribution < 1.29 is 9.59 Å². The third-order valence-electron chi connectivity index (χ3n) is 2.14. The lowest BCUT2D eigenvalue weighted by Gasteiger charge is -1.95. The number of Topliss-reactive ketones (excluding diaryl/α,β-unsaturated/α-hetero) is 1. The molecule has 3 rings (SSSR count). The number of amides is 1. The molecule has 0 bridgehead atoms. The van der Waals surface area contributed by atoms with Crippen molar-refractivity contribution in [1.29, 1.82) is 0 Å². The van der Waals surface area contributed by atoms with Crippen LogP contribution in [0, 0.1) is 0 Å². The summed E-state index contributed by atoms with van der Waals surface area (Å²) in [4.78, 5) is 25.3. The largest absolute Gasteiger partial charge is 0.317 e. The minimum atomic E-state index is -0.686. The summed E-state index contributed by atoms with van der Waals surface area (Å²) < 4.78 is 0. The minimum Gasteiger partial charge on any atom is -0.284 e. The maximum Gasteiger partial charge on any atom is 0.317 e. The van der Waals surface area contributed by atoms with Crippen LogP contribution in [0.25, 0.3) is 6.08 Å². The Hall–Kier alpha value is -2.69. The van der Waals surface area contributed by atoms with Crippen LogP contribution < -0.4 is 10.6 Å². The van der Waals surface area contributed by atoms with Crippen molar-refractivity contribution in [3.05, 3.63) is 59.4 Å². The summed E-state index contributed by atoms with van der Waals surface area (Å²) in [6, 6.07) is 10.7. The van der Waals surface area contributed by atoms with E-state index in [0.29, 0.717) is 10.6 Å². The predicted octanol–water partition coefficient (Wildman–Crippen LogP) is -0.327. The normalized spacial score (nSPS) is 12.4. The van der Waals surface area contributed by atoms with E-state index in [9.17, 15) is 9.59 Å². The third-order valence-corrected chi connectivity index (χ3v) is 2.14. The first-order valence-electron chi connectivity index (χ1n) is 5.23. The first-order chi connectivity index (χ1) is 8.77. The number of hydrogen-bond donors (Lipinski definition) is 0.